The van der Waals surface area contributed by atoms with Crippen LogP contribution >= 0.6 is 0 Å². The number of para-hydroxylation sites is 1. The number of likely N-dealkylation sites (tertiary alicyclic amines) is 1. The fourth-order valence-corrected chi connectivity index (χ4v) is 4.62. The Morgan fingerprint density at radius 2 is 1.90 bits per heavy atom. The molecule has 1 aliphatic heterocycles. The Hall–Kier alpha value is -2.47. The lowest BCUT2D eigenvalue weighted by Crippen LogP contribution is -2.34. The highest BCUT2D eigenvalue weighted by Gasteiger charge is 2.34. The van der Waals surface area contributed by atoms with E-state index >= 15 is 0 Å². The molecule has 1 aliphatic carbocycles. The molecule has 1 aromatic carbocycles. The largest absolute Gasteiger partial charge is 0.391 e. The van der Waals surface area contributed by atoms with Crippen LogP contribution in [0.3, 0.4) is 0 Å². The van der Waals surface area contributed by atoms with Crippen LogP contribution in [0.15, 0.2) is 36.5 Å². The normalized spacial score (nSPS) is 22.3. The van der Waals surface area contributed by atoms with Gasteiger partial charge in [-0.2, -0.15) is 0 Å². The summed E-state index contributed by atoms with van der Waals surface area (Å²) >= 11 is 0. The topological polar surface area (TPSA) is 82.5 Å². The molecule has 1 saturated carbocycles. The molecule has 29 heavy (non-hydrogen) atoms. The molecule has 1 aromatic heterocycles. The maximum Gasteiger partial charge on any atom is 0.223 e. The number of hydrogen-bond acceptors (Lipinski definition) is 4. The number of rotatable bonds is 6. The third kappa shape index (κ3) is 4.75. The van der Waals surface area contributed by atoms with Gasteiger partial charge in [0.25, 0.3) is 0 Å². The first-order chi connectivity index (χ1) is 14.1. The quantitative estimate of drug-likeness (QED) is 0.787. The number of hydrogen-bond donors (Lipinski definition) is 2. The molecule has 0 spiro atoms. The molecule has 2 atom stereocenters. The minimum absolute atomic E-state index is 0.00271. The first-order valence-electron chi connectivity index (χ1n) is 10.7. The molecule has 2 unspecified atom stereocenters. The van der Waals surface area contributed by atoms with Crippen molar-refractivity contribution in [2.75, 3.05) is 13.1 Å². The molecule has 2 fully saturated rings. The van der Waals surface area contributed by atoms with Gasteiger partial charge < -0.3 is 15.3 Å². The third-order valence-electron chi connectivity index (χ3n) is 6.27. The van der Waals surface area contributed by atoms with Crippen LogP contribution in [0.2, 0.25) is 0 Å². The van der Waals surface area contributed by atoms with Crippen LogP contribution in [0.5, 0.6) is 0 Å². The second kappa shape index (κ2) is 8.91. The molecular formula is C23H29N3O3. The van der Waals surface area contributed by atoms with Crippen molar-refractivity contribution in [2.24, 2.45) is 5.92 Å². The van der Waals surface area contributed by atoms with E-state index in [1.807, 2.05) is 30.3 Å². The highest BCUT2D eigenvalue weighted by Crippen LogP contribution is 2.26. The van der Waals surface area contributed by atoms with E-state index in [0.29, 0.717) is 19.5 Å². The van der Waals surface area contributed by atoms with E-state index in [9.17, 15) is 14.7 Å². The minimum atomic E-state index is -0.543. The van der Waals surface area contributed by atoms with Crippen molar-refractivity contribution in [1.29, 1.82) is 0 Å². The summed E-state index contributed by atoms with van der Waals surface area (Å²) in [4.78, 5) is 30.7. The summed E-state index contributed by atoms with van der Waals surface area (Å²) in [7, 11) is 0. The number of aromatic nitrogens is 1. The van der Waals surface area contributed by atoms with E-state index < -0.39 is 6.10 Å². The monoisotopic (exact) mass is 395 g/mol. The van der Waals surface area contributed by atoms with Crippen molar-refractivity contribution in [2.45, 2.75) is 57.1 Å². The lowest BCUT2D eigenvalue weighted by molar-refractivity contribution is -0.133. The average molecular weight is 396 g/mol. The Labute approximate surface area is 171 Å². The number of β-amino-alcohol motifs (C(OH)–C–C–N with tert-alkyl or cyclic N) is 1. The second-order valence-corrected chi connectivity index (χ2v) is 8.37. The Morgan fingerprint density at radius 3 is 2.72 bits per heavy atom. The molecule has 2 amide bonds. The van der Waals surface area contributed by atoms with Crippen molar-refractivity contribution in [3.63, 3.8) is 0 Å². The molecule has 6 heteroatoms. The number of nitrogens with zero attached hydrogens (tertiary/aromatic N) is 2. The SMILES string of the molecule is O=C(CCC(=O)N1CC(O)C(Cc2ccnc3ccccc23)C1)NC1CCCC1. The molecule has 4 rings (SSSR count). The van der Waals surface area contributed by atoms with Gasteiger partial charge in [0.1, 0.15) is 0 Å². The van der Waals surface area contributed by atoms with E-state index in [2.05, 4.69) is 10.3 Å². The van der Waals surface area contributed by atoms with Gasteiger partial charge in [0.15, 0.2) is 0 Å². The number of carbonyl (C=O) groups is 2. The first-order valence-corrected chi connectivity index (χ1v) is 10.7. The summed E-state index contributed by atoms with van der Waals surface area (Å²) in [5.74, 6) is -0.0884. The lowest BCUT2D eigenvalue weighted by Gasteiger charge is -2.17. The number of aliphatic hydroxyl groups excluding tert-OH is 1. The van der Waals surface area contributed by atoms with Gasteiger partial charge in [-0.1, -0.05) is 31.0 Å². The Balaban J connectivity index is 1.30. The van der Waals surface area contributed by atoms with Crippen molar-refractivity contribution in [3.8, 4) is 0 Å². The van der Waals surface area contributed by atoms with Crippen LogP contribution in [0.4, 0.5) is 0 Å². The number of amides is 2. The van der Waals surface area contributed by atoms with E-state index in [-0.39, 0.29) is 36.6 Å². The van der Waals surface area contributed by atoms with Crippen molar-refractivity contribution in [3.05, 3.63) is 42.1 Å². The summed E-state index contributed by atoms with van der Waals surface area (Å²) in [6.45, 7) is 0.873. The molecule has 154 valence electrons. The predicted octanol–water partition coefficient (Wildman–Crippen LogP) is 2.44. The molecule has 0 bridgehead atoms. The number of aliphatic hydroxyl groups is 1. The van der Waals surface area contributed by atoms with E-state index in [1.165, 1.54) is 12.8 Å². The van der Waals surface area contributed by atoms with Crippen molar-refractivity contribution >= 4 is 22.7 Å². The highest BCUT2D eigenvalue weighted by atomic mass is 16.3. The van der Waals surface area contributed by atoms with Gasteiger partial charge in [0, 0.05) is 49.5 Å². The molecule has 2 N–H and O–H groups in total. The van der Waals surface area contributed by atoms with Crippen LogP contribution in [0.1, 0.15) is 44.1 Å². The van der Waals surface area contributed by atoms with Crippen LogP contribution in [-0.2, 0) is 16.0 Å². The fourth-order valence-electron chi connectivity index (χ4n) is 4.62. The summed E-state index contributed by atoms with van der Waals surface area (Å²) in [5.41, 5.74) is 2.09. The Bertz CT molecular complexity index is 873. The van der Waals surface area contributed by atoms with Gasteiger partial charge in [-0.3, -0.25) is 14.6 Å². The first kappa shape index (κ1) is 19.8. The molecule has 1 saturated heterocycles. The smallest absolute Gasteiger partial charge is 0.223 e. The molecular weight excluding hydrogens is 366 g/mol. The van der Waals surface area contributed by atoms with Crippen molar-refractivity contribution in [1.82, 2.24) is 15.2 Å². The minimum Gasteiger partial charge on any atom is -0.391 e. The van der Waals surface area contributed by atoms with E-state index in [4.69, 9.17) is 0 Å². The number of pyridine rings is 1. The number of nitrogens with one attached hydrogen (secondary N) is 1. The summed E-state index contributed by atoms with van der Waals surface area (Å²) in [6.07, 6.45) is 6.82. The fraction of sp³-hybridized carbons (Fsp3) is 0.522. The molecule has 2 heterocycles. The van der Waals surface area contributed by atoms with E-state index in [1.54, 1.807) is 11.1 Å². The molecule has 0 radical (unpaired) electrons. The standard InChI is InChI=1S/C23H29N3O3/c27-21-15-26(23(29)10-9-22(28)25-18-5-1-2-6-18)14-17(21)13-16-11-12-24-20-8-4-3-7-19(16)20/h3-4,7-8,11-12,17-18,21,27H,1-2,5-6,9-10,13-15H2,(H,25,28). The van der Waals surface area contributed by atoms with Gasteiger partial charge in [-0.05, 0) is 37.0 Å². The summed E-state index contributed by atoms with van der Waals surface area (Å²) in [6, 6.07) is 10.3. The zero-order chi connectivity index (χ0) is 20.2. The van der Waals surface area contributed by atoms with Gasteiger partial charge in [-0.15, -0.1) is 0 Å². The maximum absolute atomic E-state index is 12.6. The van der Waals surface area contributed by atoms with Gasteiger partial charge >= 0.3 is 0 Å². The Morgan fingerprint density at radius 1 is 1.10 bits per heavy atom. The lowest BCUT2D eigenvalue weighted by atomic mass is 9.94. The zero-order valence-electron chi connectivity index (χ0n) is 16.7. The van der Waals surface area contributed by atoms with Crippen LogP contribution in [0.25, 0.3) is 10.9 Å². The summed E-state index contributed by atoms with van der Waals surface area (Å²) in [5, 5.41) is 14.6. The third-order valence-corrected chi connectivity index (χ3v) is 6.27. The van der Waals surface area contributed by atoms with Crippen LogP contribution < -0.4 is 5.32 Å². The number of fused-ring (bicyclic) bond motifs is 1. The second-order valence-electron chi connectivity index (χ2n) is 8.37. The van der Waals surface area contributed by atoms with Crippen molar-refractivity contribution < 1.29 is 14.7 Å². The maximum atomic E-state index is 12.6. The zero-order valence-corrected chi connectivity index (χ0v) is 16.7. The summed E-state index contributed by atoms with van der Waals surface area (Å²) < 4.78 is 0. The van der Waals surface area contributed by atoms with Gasteiger partial charge in [-0.25, -0.2) is 0 Å². The number of benzene rings is 1. The molecule has 2 aromatic rings. The number of carbonyl (C=O) groups excluding carboxylic acids is 2. The average Bonchev–Trinajstić information content (AvgIpc) is 3.36. The Kier molecular flexibility index (Phi) is 6.09. The van der Waals surface area contributed by atoms with E-state index in [0.717, 1.165) is 29.3 Å². The van der Waals surface area contributed by atoms with Gasteiger partial charge in [0.2, 0.25) is 11.8 Å². The molecule has 2 aliphatic rings. The van der Waals surface area contributed by atoms with Gasteiger partial charge in [0.05, 0.1) is 11.6 Å². The highest BCUT2D eigenvalue weighted by molar-refractivity contribution is 5.84. The van der Waals surface area contributed by atoms with Crippen LogP contribution in [-0.4, -0.2) is 52.0 Å². The predicted molar refractivity (Wildman–Crippen MR) is 111 cm³/mol. The van der Waals surface area contributed by atoms with Crippen LogP contribution in [0, 0.1) is 5.92 Å². The molecule has 6 nitrogen and oxygen atoms in total.